The van der Waals surface area contributed by atoms with Crippen LogP contribution in [-0.4, -0.2) is 44.9 Å². The molecule has 7 nitrogen and oxygen atoms in total. The highest BCUT2D eigenvalue weighted by atomic mass is 32.2. The summed E-state index contributed by atoms with van der Waals surface area (Å²) in [6.07, 6.45) is -4.87. The summed E-state index contributed by atoms with van der Waals surface area (Å²) >= 11 is 2.73. The van der Waals surface area contributed by atoms with Crippen LogP contribution in [0.15, 0.2) is 51.3 Å². The van der Waals surface area contributed by atoms with Crippen molar-refractivity contribution in [3.63, 3.8) is 0 Å². The van der Waals surface area contributed by atoms with Crippen LogP contribution in [0, 0.1) is 0 Å². The van der Waals surface area contributed by atoms with Crippen LogP contribution >= 0.6 is 34.4 Å². The average Bonchev–Trinajstić information content (AvgIpc) is 3.47. The monoisotopic (exact) mass is 497 g/mol. The predicted octanol–water partition coefficient (Wildman–Crippen LogP) is 5.39. The lowest BCUT2D eigenvalue weighted by molar-refractivity contribution is -0.141. The molecule has 1 aromatic carbocycles. The Morgan fingerprint density at radius 2 is 1.88 bits per heavy atom. The molecule has 166 valence electrons. The summed E-state index contributed by atoms with van der Waals surface area (Å²) in [6.45, 7) is 0. The van der Waals surface area contributed by atoms with Gasteiger partial charge in [0, 0.05) is 25.5 Å². The van der Waals surface area contributed by atoms with E-state index in [1.54, 1.807) is 4.57 Å². The third-order valence-electron chi connectivity index (χ3n) is 4.25. The minimum Gasteiger partial charge on any atom is -0.477 e. The zero-order valence-electron chi connectivity index (χ0n) is 16.5. The molecule has 0 atom stereocenters. The van der Waals surface area contributed by atoms with Crippen LogP contribution < -0.4 is 4.90 Å². The van der Waals surface area contributed by atoms with Crippen molar-refractivity contribution in [3.05, 3.63) is 52.3 Å². The van der Waals surface area contributed by atoms with Crippen LogP contribution in [0.5, 0.6) is 0 Å². The maximum absolute atomic E-state index is 13.2. The number of aromatic nitrogens is 4. The molecule has 0 fully saturated rings. The van der Waals surface area contributed by atoms with Gasteiger partial charge in [-0.2, -0.15) is 13.2 Å². The molecule has 32 heavy (non-hydrogen) atoms. The first-order valence-corrected chi connectivity index (χ1v) is 11.4. The van der Waals surface area contributed by atoms with Crippen LogP contribution in [-0.2, 0) is 6.18 Å². The molecule has 0 saturated heterocycles. The number of benzene rings is 1. The summed E-state index contributed by atoms with van der Waals surface area (Å²) in [5.41, 5.74) is 0.254. The Balaban J connectivity index is 1.80. The summed E-state index contributed by atoms with van der Waals surface area (Å²) in [5.74, 6) is -1.16. The highest BCUT2D eigenvalue weighted by Gasteiger charge is 2.40. The molecule has 13 heteroatoms. The highest BCUT2D eigenvalue weighted by molar-refractivity contribution is 8.00. The lowest BCUT2D eigenvalue weighted by Crippen LogP contribution is -2.11. The first-order valence-electron chi connectivity index (χ1n) is 8.91. The number of thiophene rings is 1. The summed E-state index contributed by atoms with van der Waals surface area (Å²) < 4.78 is 41.3. The van der Waals surface area contributed by atoms with Gasteiger partial charge in [0.15, 0.2) is 15.9 Å². The zero-order chi connectivity index (χ0) is 23.0. The minimum atomic E-state index is -4.87. The maximum Gasteiger partial charge on any atom is 0.435 e. The lowest BCUT2D eigenvalue weighted by atomic mass is 10.2. The number of hydrogen-bond acceptors (Lipinski definition) is 8. The fraction of sp³-hybridized carbons (Fsp3) is 0.158. The molecule has 4 aromatic rings. The topological polar surface area (TPSA) is 84.1 Å². The van der Waals surface area contributed by atoms with Crippen LogP contribution in [0.4, 0.5) is 18.9 Å². The zero-order valence-corrected chi connectivity index (χ0v) is 18.9. The third kappa shape index (κ3) is 4.36. The molecule has 3 aromatic heterocycles. The molecule has 0 aliphatic rings. The van der Waals surface area contributed by atoms with Crippen LogP contribution in [0.1, 0.15) is 15.4 Å². The van der Waals surface area contributed by atoms with Crippen molar-refractivity contribution in [2.75, 3.05) is 19.0 Å². The summed E-state index contributed by atoms with van der Waals surface area (Å²) in [7, 11) is 3.82. The van der Waals surface area contributed by atoms with E-state index in [0.717, 1.165) is 22.3 Å². The standard InChI is InChI=1S/C19H14F3N5O2S3/c1-26(2)10-5-7-11(8-6-10)27-15(12-4-3-9-30-12)24-25-17(27)32-18-23-14(19(20,21)22)13(31-18)16(28)29/h3-9H,1-2H3,(H,28,29). The number of halogens is 3. The predicted molar refractivity (Wildman–Crippen MR) is 117 cm³/mol. The number of hydrogen-bond donors (Lipinski definition) is 1. The number of carboxylic acid groups (broad SMARTS) is 1. The molecule has 0 amide bonds. The Morgan fingerprint density at radius 3 is 2.41 bits per heavy atom. The average molecular weight is 498 g/mol. The van der Waals surface area contributed by atoms with Gasteiger partial charge < -0.3 is 10.0 Å². The number of alkyl halides is 3. The number of carboxylic acids is 1. The maximum atomic E-state index is 13.2. The normalized spacial score (nSPS) is 11.7. The second-order valence-corrected chi connectivity index (χ2v) is 9.75. The van der Waals surface area contributed by atoms with E-state index in [2.05, 4.69) is 15.2 Å². The molecule has 0 radical (unpaired) electrons. The highest BCUT2D eigenvalue weighted by Crippen LogP contribution is 2.40. The smallest absolute Gasteiger partial charge is 0.435 e. The molecular weight excluding hydrogens is 483 g/mol. The van der Waals surface area contributed by atoms with Gasteiger partial charge in [-0.3, -0.25) is 4.57 Å². The molecule has 0 aliphatic heterocycles. The van der Waals surface area contributed by atoms with Gasteiger partial charge >= 0.3 is 12.1 Å². The van der Waals surface area contributed by atoms with Crippen LogP contribution in [0.2, 0.25) is 0 Å². The minimum absolute atomic E-state index is 0.0917. The van der Waals surface area contributed by atoms with E-state index in [1.807, 2.05) is 60.8 Å². The van der Waals surface area contributed by atoms with Crippen molar-refractivity contribution in [3.8, 4) is 16.4 Å². The van der Waals surface area contributed by atoms with Gasteiger partial charge in [0.1, 0.15) is 4.88 Å². The van der Waals surface area contributed by atoms with E-state index in [0.29, 0.717) is 22.8 Å². The SMILES string of the molecule is CN(C)c1ccc(-n2c(Sc3nc(C(F)(F)F)c(C(=O)O)s3)nnc2-c2cccs2)cc1. The number of thiazole rings is 1. The number of rotatable bonds is 6. The van der Waals surface area contributed by atoms with Gasteiger partial charge in [-0.1, -0.05) is 17.4 Å². The van der Waals surface area contributed by atoms with E-state index < -0.39 is 22.7 Å². The van der Waals surface area contributed by atoms with Crippen molar-refractivity contribution in [1.82, 2.24) is 19.7 Å². The van der Waals surface area contributed by atoms with Crippen molar-refractivity contribution in [1.29, 1.82) is 0 Å². The van der Waals surface area contributed by atoms with Crippen molar-refractivity contribution in [2.45, 2.75) is 15.7 Å². The van der Waals surface area contributed by atoms with Gasteiger partial charge in [0.05, 0.1) is 4.88 Å². The number of carbonyl (C=O) groups is 1. The quantitative estimate of drug-likeness (QED) is 0.383. The van der Waals surface area contributed by atoms with E-state index in [-0.39, 0.29) is 9.50 Å². The Morgan fingerprint density at radius 1 is 1.16 bits per heavy atom. The summed E-state index contributed by atoms with van der Waals surface area (Å²) in [6, 6.07) is 11.2. The van der Waals surface area contributed by atoms with Gasteiger partial charge in [-0.25, -0.2) is 9.78 Å². The largest absolute Gasteiger partial charge is 0.477 e. The summed E-state index contributed by atoms with van der Waals surface area (Å²) in [5, 5.41) is 19.7. The molecule has 0 unspecified atom stereocenters. The van der Waals surface area contributed by atoms with Gasteiger partial charge in [0.25, 0.3) is 0 Å². The van der Waals surface area contributed by atoms with Gasteiger partial charge in [-0.15, -0.1) is 21.5 Å². The second-order valence-electron chi connectivity index (χ2n) is 6.59. The van der Waals surface area contributed by atoms with Crippen LogP contribution in [0.25, 0.3) is 16.4 Å². The number of anilines is 1. The van der Waals surface area contributed by atoms with E-state index in [1.165, 1.54) is 11.3 Å². The number of aromatic carboxylic acids is 1. The molecule has 3 heterocycles. The van der Waals surface area contributed by atoms with Crippen LogP contribution in [0.3, 0.4) is 0 Å². The molecule has 4 rings (SSSR count). The Hall–Kier alpha value is -2.90. The van der Waals surface area contributed by atoms with E-state index >= 15 is 0 Å². The number of nitrogens with zero attached hydrogens (tertiary/aromatic N) is 5. The molecule has 0 spiro atoms. The lowest BCUT2D eigenvalue weighted by Gasteiger charge is -2.14. The molecular formula is C19H14F3N5O2S3. The van der Waals surface area contributed by atoms with E-state index in [9.17, 15) is 18.0 Å². The first-order chi connectivity index (χ1) is 15.1. The molecule has 0 saturated carbocycles. The van der Waals surface area contributed by atoms with Crippen molar-refractivity contribution in [2.24, 2.45) is 0 Å². The third-order valence-corrected chi connectivity index (χ3v) is 7.16. The van der Waals surface area contributed by atoms with Gasteiger partial charge in [-0.05, 0) is 47.5 Å². The van der Waals surface area contributed by atoms with Gasteiger partial charge in [0.2, 0.25) is 5.16 Å². The molecule has 1 N–H and O–H groups in total. The van der Waals surface area contributed by atoms with Crippen molar-refractivity contribution >= 4 is 46.1 Å². The van der Waals surface area contributed by atoms with Crippen molar-refractivity contribution < 1.29 is 23.1 Å². The summed E-state index contributed by atoms with van der Waals surface area (Å²) in [4.78, 5) is 16.7. The molecule has 0 aliphatic carbocycles. The molecule has 0 bridgehead atoms. The van der Waals surface area contributed by atoms with E-state index in [4.69, 9.17) is 5.11 Å². The fourth-order valence-corrected chi connectivity index (χ4v) is 5.45. The Labute approximate surface area is 192 Å². The Kier molecular flexibility index (Phi) is 5.97. The first kappa shape index (κ1) is 22.3. The second kappa shape index (κ2) is 8.56. The fourth-order valence-electron chi connectivity index (χ4n) is 2.79. The Bertz CT molecular complexity index is 1250.